The average Bonchev–Trinajstić information content (AvgIpc) is 3.09. The first-order valence-electron chi connectivity index (χ1n) is 7.79. The predicted molar refractivity (Wildman–Crippen MR) is 83.7 cm³/mol. The van der Waals surface area contributed by atoms with Gasteiger partial charge in [-0.3, -0.25) is 4.79 Å². The first-order valence-corrected chi connectivity index (χ1v) is 8.78. The van der Waals surface area contributed by atoms with Crippen LogP contribution in [0.25, 0.3) is 0 Å². The highest BCUT2D eigenvalue weighted by atomic mass is 32.2. The minimum Gasteiger partial charge on any atom is -0.353 e. The van der Waals surface area contributed by atoms with Crippen LogP contribution in [0.4, 0.5) is 4.39 Å². The quantitative estimate of drug-likeness (QED) is 0.837. The largest absolute Gasteiger partial charge is 0.353 e. The molecule has 114 valence electrons. The molecular formula is C17H22FNOS. The van der Waals surface area contributed by atoms with Crippen LogP contribution in [0.3, 0.4) is 0 Å². The van der Waals surface area contributed by atoms with Crippen molar-refractivity contribution in [1.29, 1.82) is 0 Å². The summed E-state index contributed by atoms with van der Waals surface area (Å²) in [4.78, 5) is 13.0. The monoisotopic (exact) mass is 307 g/mol. The number of benzene rings is 1. The Hall–Kier alpha value is -1.03. The molecule has 0 radical (unpaired) electrons. The summed E-state index contributed by atoms with van der Waals surface area (Å²) in [6, 6.07) is 6.57. The van der Waals surface area contributed by atoms with Gasteiger partial charge in [-0.25, -0.2) is 4.39 Å². The molecule has 2 saturated carbocycles. The summed E-state index contributed by atoms with van der Waals surface area (Å²) in [7, 11) is 0. The van der Waals surface area contributed by atoms with E-state index in [1.54, 1.807) is 12.1 Å². The highest BCUT2D eigenvalue weighted by Crippen LogP contribution is 2.49. The Morgan fingerprint density at radius 3 is 2.71 bits per heavy atom. The Bertz CT molecular complexity index is 504. The summed E-state index contributed by atoms with van der Waals surface area (Å²) in [5, 5.41) is 3.15. The molecule has 2 aliphatic carbocycles. The average molecular weight is 307 g/mol. The molecule has 0 aromatic heterocycles. The van der Waals surface area contributed by atoms with E-state index in [0.29, 0.717) is 11.7 Å². The van der Waals surface area contributed by atoms with Gasteiger partial charge in [0.25, 0.3) is 0 Å². The van der Waals surface area contributed by atoms with E-state index in [4.69, 9.17) is 0 Å². The maximum absolute atomic E-state index is 12.8. The summed E-state index contributed by atoms with van der Waals surface area (Å²) in [5.74, 6) is 2.65. The van der Waals surface area contributed by atoms with E-state index in [1.807, 2.05) is 0 Å². The molecule has 3 rings (SSSR count). The Labute approximate surface area is 129 Å². The number of hydrogen-bond donors (Lipinski definition) is 1. The minimum atomic E-state index is -0.242. The normalized spacial score (nSPS) is 28.6. The highest BCUT2D eigenvalue weighted by Gasteiger charge is 2.42. The molecule has 4 atom stereocenters. The maximum Gasteiger partial charge on any atom is 0.230 e. The van der Waals surface area contributed by atoms with Gasteiger partial charge in [-0.2, -0.15) is 0 Å². The Balaban J connectivity index is 1.44. The molecule has 4 heteroatoms. The van der Waals surface area contributed by atoms with Crippen LogP contribution in [0.1, 0.15) is 32.6 Å². The third-order valence-electron chi connectivity index (χ3n) is 5.01. The molecule has 0 heterocycles. The lowest BCUT2D eigenvalue weighted by atomic mass is 9.84. The van der Waals surface area contributed by atoms with Crippen LogP contribution in [0.15, 0.2) is 29.2 Å². The first kappa shape index (κ1) is 14.9. The molecule has 4 unspecified atom stereocenters. The molecule has 2 bridgehead atoms. The summed E-state index contributed by atoms with van der Waals surface area (Å²) in [6.07, 6.45) is 5.40. The van der Waals surface area contributed by atoms with Crippen molar-refractivity contribution in [3.8, 4) is 0 Å². The third-order valence-corrected chi connectivity index (χ3v) is 6.02. The van der Waals surface area contributed by atoms with Crippen LogP contribution < -0.4 is 5.32 Å². The lowest BCUT2D eigenvalue weighted by molar-refractivity contribution is -0.119. The number of thioether (sulfide) groups is 1. The van der Waals surface area contributed by atoms with Crippen molar-refractivity contribution >= 4 is 17.7 Å². The van der Waals surface area contributed by atoms with Crippen molar-refractivity contribution in [2.75, 3.05) is 5.75 Å². The number of amides is 1. The molecule has 2 fully saturated rings. The third kappa shape index (κ3) is 3.60. The topological polar surface area (TPSA) is 29.1 Å². The molecule has 0 saturated heterocycles. The smallest absolute Gasteiger partial charge is 0.230 e. The maximum atomic E-state index is 12.8. The van der Waals surface area contributed by atoms with Crippen LogP contribution in [0.5, 0.6) is 0 Å². The molecular weight excluding hydrogens is 285 g/mol. The fourth-order valence-corrected chi connectivity index (χ4v) is 4.70. The zero-order chi connectivity index (χ0) is 14.8. The van der Waals surface area contributed by atoms with Gasteiger partial charge in [0, 0.05) is 10.9 Å². The van der Waals surface area contributed by atoms with E-state index in [1.165, 1.54) is 49.6 Å². The lowest BCUT2D eigenvalue weighted by Crippen LogP contribution is -2.40. The minimum absolute atomic E-state index is 0.0830. The molecule has 2 aliphatic rings. The standard InChI is InChI=1S/C17H22FNOS/c1-11(16-9-12-2-3-13(16)8-12)19-17(20)10-21-15-6-4-14(18)5-7-15/h4-7,11-13,16H,2-3,8-10H2,1H3,(H,19,20). The van der Waals surface area contributed by atoms with Gasteiger partial charge in [0.1, 0.15) is 5.82 Å². The zero-order valence-electron chi connectivity index (χ0n) is 12.3. The van der Waals surface area contributed by atoms with E-state index >= 15 is 0 Å². The molecule has 21 heavy (non-hydrogen) atoms. The van der Waals surface area contributed by atoms with Crippen LogP contribution >= 0.6 is 11.8 Å². The summed E-state index contributed by atoms with van der Waals surface area (Å²) < 4.78 is 12.8. The molecule has 0 spiro atoms. The number of carbonyl (C=O) groups excluding carboxylic acids is 1. The molecule has 0 aliphatic heterocycles. The van der Waals surface area contributed by atoms with Crippen molar-refractivity contribution in [2.45, 2.75) is 43.5 Å². The Kier molecular flexibility index (Phi) is 4.53. The van der Waals surface area contributed by atoms with Crippen molar-refractivity contribution in [1.82, 2.24) is 5.32 Å². The van der Waals surface area contributed by atoms with Crippen molar-refractivity contribution < 1.29 is 9.18 Å². The second-order valence-corrected chi connectivity index (χ2v) is 7.49. The molecule has 1 amide bonds. The number of hydrogen-bond acceptors (Lipinski definition) is 2. The molecule has 1 N–H and O–H groups in total. The lowest BCUT2D eigenvalue weighted by Gasteiger charge is -2.28. The van der Waals surface area contributed by atoms with E-state index in [2.05, 4.69) is 12.2 Å². The second-order valence-electron chi connectivity index (χ2n) is 6.44. The molecule has 1 aromatic rings. The summed E-state index contributed by atoms with van der Waals surface area (Å²) in [6.45, 7) is 2.14. The Morgan fingerprint density at radius 2 is 2.10 bits per heavy atom. The molecule has 1 aromatic carbocycles. The van der Waals surface area contributed by atoms with Crippen molar-refractivity contribution in [2.24, 2.45) is 17.8 Å². The summed E-state index contributed by atoms with van der Waals surface area (Å²) >= 11 is 1.46. The van der Waals surface area contributed by atoms with Crippen LogP contribution in [-0.2, 0) is 4.79 Å². The van der Waals surface area contributed by atoms with Gasteiger partial charge in [0.15, 0.2) is 0 Å². The van der Waals surface area contributed by atoms with Gasteiger partial charge in [0.2, 0.25) is 5.91 Å². The zero-order valence-corrected chi connectivity index (χ0v) is 13.2. The van der Waals surface area contributed by atoms with Crippen molar-refractivity contribution in [3.05, 3.63) is 30.1 Å². The van der Waals surface area contributed by atoms with E-state index in [9.17, 15) is 9.18 Å². The number of carbonyl (C=O) groups is 1. The van der Waals surface area contributed by atoms with Gasteiger partial charge in [0.05, 0.1) is 5.75 Å². The number of nitrogens with one attached hydrogen (secondary N) is 1. The van der Waals surface area contributed by atoms with Gasteiger partial charge in [-0.15, -0.1) is 11.8 Å². The van der Waals surface area contributed by atoms with E-state index in [-0.39, 0.29) is 17.8 Å². The van der Waals surface area contributed by atoms with Crippen LogP contribution in [0, 0.1) is 23.6 Å². The fraction of sp³-hybridized carbons (Fsp3) is 0.588. The first-order chi connectivity index (χ1) is 10.1. The summed E-state index contributed by atoms with van der Waals surface area (Å²) in [5.41, 5.74) is 0. The predicted octanol–water partition coefficient (Wildman–Crippen LogP) is 3.86. The SMILES string of the molecule is CC(NC(=O)CSc1ccc(F)cc1)C1CC2CCC1C2. The van der Waals surface area contributed by atoms with Crippen LogP contribution in [-0.4, -0.2) is 17.7 Å². The van der Waals surface area contributed by atoms with Gasteiger partial charge < -0.3 is 5.32 Å². The second kappa shape index (κ2) is 6.39. The van der Waals surface area contributed by atoms with E-state index in [0.717, 1.165) is 16.7 Å². The van der Waals surface area contributed by atoms with Gasteiger partial charge in [-0.1, -0.05) is 6.42 Å². The number of fused-ring (bicyclic) bond motifs is 2. The van der Waals surface area contributed by atoms with Crippen molar-refractivity contribution in [3.63, 3.8) is 0 Å². The number of rotatable bonds is 5. The molecule has 2 nitrogen and oxygen atoms in total. The highest BCUT2D eigenvalue weighted by molar-refractivity contribution is 8.00. The van der Waals surface area contributed by atoms with Gasteiger partial charge >= 0.3 is 0 Å². The Morgan fingerprint density at radius 1 is 1.33 bits per heavy atom. The number of halogens is 1. The van der Waals surface area contributed by atoms with Gasteiger partial charge in [-0.05, 0) is 68.2 Å². The van der Waals surface area contributed by atoms with E-state index < -0.39 is 0 Å². The fourth-order valence-electron chi connectivity index (χ4n) is 3.99. The van der Waals surface area contributed by atoms with Crippen LogP contribution in [0.2, 0.25) is 0 Å².